The second kappa shape index (κ2) is 5.19. The second-order valence-electron chi connectivity index (χ2n) is 4.54. The van der Waals surface area contributed by atoms with Crippen LogP contribution in [0.4, 0.5) is 0 Å². The molecule has 1 aromatic rings. The van der Waals surface area contributed by atoms with Crippen LogP contribution in [0, 0.1) is 5.92 Å². The molecule has 0 aromatic heterocycles. The van der Waals surface area contributed by atoms with E-state index in [1.54, 1.807) is 12.1 Å². The summed E-state index contributed by atoms with van der Waals surface area (Å²) >= 11 is 0. The van der Waals surface area contributed by atoms with Crippen LogP contribution in [0.5, 0.6) is 5.75 Å². The van der Waals surface area contributed by atoms with Gasteiger partial charge in [0.2, 0.25) is 0 Å². The third kappa shape index (κ3) is 2.77. The van der Waals surface area contributed by atoms with E-state index in [1.165, 1.54) is 12.1 Å². The maximum absolute atomic E-state index is 12.2. The number of piperidine rings is 1. The highest BCUT2D eigenvalue weighted by Crippen LogP contribution is 2.18. The quantitative estimate of drug-likeness (QED) is 0.808. The Bertz CT molecular complexity index is 389. The molecule has 1 aromatic carbocycles. The molecule has 4 heteroatoms. The van der Waals surface area contributed by atoms with Gasteiger partial charge in [-0.3, -0.25) is 4.79 Å². The normalized spacial score (nSPS) is 20.3. The van der Waals surface area contributed by atoms with Gasteiger partial charge in [0.1, 0.15) is 5.75 Å². The van der Waals surface area contributed by atoms with E-state index < -0.39 is 0 Å². The molecule has 0 radical (unpaired) electrons. The fourth-order valence-electron chi connectivity index (χ4n) is 2.23. The fourth-order valence-corrected chi connectivity index (χ4v) is 2.23. The Morgan fingerprint density at radius 2 is 2.12 bits per heavy atom. The molecule has 1 atom stereocenters. The molecule has 1 aliphatic heterocycles. The van der Waals surface area contributed by atoms with Crippen LogP contribution in [0.1, 0.15) is 23.2 Å². The first-order chi connectivity index (χ1) is 8.20. The first-order valence-electron chi connectivity index (χ1n) is 5.99. The van der Waals surface area contributed by atoms with E-state index >= 15 is 0 Å². The largest absolute Gasteiger partial charge is 0.508 e. The number of nitrogens with two attached hydrogens (primary N) is 1. The van der Waals surface area contributed by atoms with Gasteiger partial charge >= 0.3 is 0 Å². The molecule has 3 N–H and O–H groups in total. The lowest BCUT2D eigenvalue weighted by Gasteiger charge is -2.32. The summed E-state index contributed by atoms with van der Waals surface area (Å²) in [6, 6.07) is 6.39. The summed E-state index contributed by atoms with van der Waals surface area (Å²) in [4.78, 5) is 14.0. The van der Waals surface area contributed by atoms with Crippen LogP contribution < -0.4 is 5.73 Å². The zero-order chi connectivity index (χ0) is 12.3. The average molecular weight is 234 g/mol. The molecule has 0 aliphatic carbocycles. The van der Waals surface area contributed by atoms with E-state index in [-0.39, 0.29) is 11.7 Å². The van der Waals surface area contributed by atoms with Crippen LogP contribution in [0.25, 0.3) is 0 Å². The minimum absolute atomic E-state index is 0.0307. The van der Waals surface area contributed by atoms with Crippen molar-refractivity contribution in [3.8, 4) is 5.75 Å². The van der Waals surface area contributed by atoms with Gasteiger partial charge in [0.15, 0.2) is 0 Å². The first kappa shape index (κ1) is 11.9. The predicted molar refractivity (Wildman–Crippen MR) is 65.8 cm³/mol. The van der Waals surface area contributed by atoms with E-state index in [0.29, 0.717) is 18.0 Å². The zero-order valence-electron chi connectivity index (χ0n) is 9.80. The Kier molecular flexibility index (Phi) is 3.64. The lowest BCUT2D eigenvalue weighted by molar-refractivity contribution is 0.0678. The standard InChI is InChI=1S/C13H18N2O2/c14-8-10-2-1-7-15(9-10)13(17)11-3-5-12(16)6-4-11/h3-6,10,16H,1-2,7-9,14H2. The molecule has 0 bridgehead atoms. The summed E-state index contributed by atoms with van der Waals surface area (Å²) in [7, 11) is 0. The van der Waals surface area contributed by atoms with Gasteiger partial charge in [-0.25, -0.2) is 0 Å². The number of phenolic OH excluding ortho intramolecular Hbond substituents is 1. The lowest BCUT2D eigenvalue weighted by atomic mass is 9.97. The molecule has 1 amide bonds. The summed E-state index contributed by atoms with van der Waals surface area (Å²) in [5, 5.41) is 9.19. The number of amides is 1. The van der Waals surface area contributed by atoms with Crippen molar-refractivity contribution in [2.45, 2.75) is 12.8 Å². The van der Waals surface area contributed by atoms with Crippen molar-refractivity contribution >= 4 is 5.91 Å². The number of carbonyl (C=O) groups excluding carboxylic acids is 1. The third-order valence-electron chi connectivity index (χ3n) is 3.25. The Hall–Kier alpha value is -1.55. The van der Waals surface area contributed by atoms with Gasteiger partial charge in [-0.05, 0) is 49.6 Å². The highest BCUT2D eigenvalue weighted by atomic mass is 16.3. The second-order valence-corrected chi connectivity index (χ2v) is 4.54. The summed E-state index contributed by atoms with van der Waals surface area (Å²) in [5.41, 5.74) is 6.28. The molecule has 4 nitrogen and oxygen atoms in total. The maximum atomic E-state index is 12.2. The van der Waals surface area contributed by atoms with Crippen molar-refractivity contribution in [3.05, 3.63) is 29.8 Å². The van der Waals surface area contributed by atoms with E-state index in [0.717, 1.165) is 25.9 Å². The Morgan fingerprint density at radius 1 is 1.41 bits per heavy atom. The summed E-state index contributed by atoms with van der Waals surface area (Å²) in [6.45, 7) is 2.19. The minimum atomic E-state index is 0.0307. The topological polar surface area (TPSA) is 66.6 Å². The van der Waals surface area contributed by atoms with Crippen LogP contribution >= 0.6 is 0 Å². The molecule has 92 valence electrons. The molecule has 1 fully saturated rings. The number of benzene rings is 1. The van der Waals surface area contributed by atoms with Gasteiger partial charge in [0, 0.05) is 18.7 Å². The highest BCUT2D eigenvalue weighted by Gasteiger charge is 2.23. The zero-order valence-corrected chi connectivity index (χ0v) is 9.80. The number of likely N-dealkylation sites (tertiary alicyclic amines) is 1. The number of phenols is 1. The van der Waals surface area contributed by atoms with Gasteiger partial charge in [0.25, 0.3) is 5.91 Å². The van der Waals surface area contributed by atoms with Gasteiger partial charge in [-0.1, -0.05) is 0 Å². The smallest absolute Gasteiger partial charge is 0.253 e. The molecule has 2 rings (SSSR count). The van der Waals surface area contributed by atoms with Crippen molar-refractivity contribution in [1.82, 2.24) is 4.90 Å². The number of hydrogen-bond acceptors (Lipinski definition) is 3. The van der Waals surface area contributed by atoms with Crippen molar-refractivity contribution in [3.63, 3.8) is 0 Å². The van der Waals surface area contributed by atoms with Crippen molar-refractivity contribution in [1.29, 1.82) is 0 Å². The number of nitrogens with zero attached hydrogens (tertiary/aromatic N) is 1. The van der Waals surface area contributed by atoms with Gasteiger partial charge in [-0.15, -0.1) is 0 Å². The van der Waals surface area contributed by atoms with Crippen LogP contribution in [-0.2, 0) is 0 Å². The van der Waals surface area contributed by atoms with E-state index in [9.17, 15) is 9.90 Å². The fraction of sp³-hybridized carbons (Fsp3) is 0.462. The molecule has 1 aliphatic rings. The first-order valence-corrected chi connectivity index (χ1v) is 5.99. The number of rotatable bonds is 2. The van der Waals surface area contributed by atoms with Crippen LogP contribution in [0.15, 0.2) is 24.3 Å². The molecular formula is C13H18N2O2. The Balaban J connectivity index is 2.06. The molecule has 0 saturated carbocycles. The van der Waals surface area contributed by atoms with Crippen LogP contribution in [0.3, 0.4) is 0 Å². The molecule has 1 heterocycles. The molecular weight excluding hydrogens is 216 g/mol. The Labute approximate surface area is 101 Å². The Morgan fingerprint density at radius 3 is 2.76 bits per heavy atom. The van der Waals surface area contributed by atoms with Crippen molar-refractivity contribution < 1.29 is 9.90 Å². The minimum Gasteiger partial charge on any atom is -0.508 e. The van der Waals surface area contributed by atoms with Crippen LogP contribution in [-0.4, -0.2) is 35.5 Å². The highest BCUT2D eigenvalue weighted by molar-refractivity contribution is 5.94. The average Bonchev–Trinajstić information content (AvgIpc) is 2.39. The van der Waals surface area contributed by atoms with Crippen LogP contribution in [0.2, 0.25) is 0 Å². The maximum Gasteiger partial charge on any atom is 0.253 e. The predicted octanol–water partition coefficient (Wildman–Crippen LogP) is 1.20. The molecule has 1 saturated heterocycles. The monoisotopic (exact) mass is 234 g/mol. The number of hydrogen-bond donors (Lipinski definition) is 2. The lowest BCUT2D eigenvalue weighted by Crippen LogP contribution is -2.42. The van der Waals surface area contributed by atoms with Gasteiger partial charge in [0.05, 0.1) is 0 Å². The van der Waals surface area contributed by atoms with E-state index in [4.69, 9.17) is 5.73 Å². The summed E-state index contributed by atoms with van der Waals surface area (Å²) in [6.07, 6.45) is 2.13. The number of aromatic hydroxyl groups is 1. The summed E-state index contributed by atoms with van der Waals surface area (Å²) < 4.78 is 0. The van der Waals surface area contributed by atoms with E-state index in [2.05, 4.69) is 0 Å². The summed E-state index contributed by atoms with van der Waals surface area (Å²) in [5.74, 6) is 0.632. The SMILES string of the molecule is NCC1CCCN(C(=O)c2ccc(O)cc2)C1. The molecule has 1 unspecified atom stereocenters. The van der Waals surface area contributed by atoms with E-state index in [1.807, 2.05) is 4.90 Å². The molecule has 17 heavy (non-hydrogen) atoms. The van der Waals surface area contributed by atoms with Gasteiger partial charge in [-0.2, -0.15) is 0 Å². The van der Waals surface area contributed by atoms with Gasteiger partial charge < -0.3 is 15.7 Å². The van der Waals surface area contributed by atoms with Crippen molar-refractivity contribution in [2.75, 3.05) is 19.6 Å². The molecule has 0 spiro atoms. The van der Waals surface area contributed by atoms with Crippen molar-refractivity contribution in [2.24, 2.45) is 11.7 Å². The third-order valence-corrected chi connectivity index (χ3v) is 3.25. The number of carbonyl (C=O) groups is 1.